The third-order valence-corrected chi connectivity index (χ3v) is 7.09. The number of nitrogens with two attached hydrogens (primary N) is 1. The summed E-state index contributed by atoms with van der Waals surface area (Å²) in [6, 6.07) is 16.3. The van der Waals surface area contributed by atoms with Crippen LogP contribution in [0.4, 0.5) is 5.82 Å². The van der Waals surface area contributed by atoms with Crippen molar-refractivity contribution in [2.45, 2.75) is 57.2 Å². The van der Waals surface area contributed by atoms with Crippen LogP contribution in [0.3, 0.4) is 0 Å². The highest BCUT2D eigenvalue weighted by molar-refractivity contribution is 5.98. The molecule has 2 aromatic carbocycles. The lowest BCUT2D eigenvalue weighted by Gasteiger charge is -2.25. The highest BCUT2D eigenvalue weighted by atomic mass is 16.5. The maximum Gasteiger partial charge on any atom is 0.261 e. The summed E-state index contributed by atoms with van der Waals surface area (Å²) in [5, 5.41) is 8.75. The van der Waals surface area contributed by atoms with Gasteiger partial charge in [-0.3, -0.25) is 4.79 Å². The quantitative estimate of drug-likeness (QED) is 0.454. The number of aryl methyl sites for hydroxylation is 1. The van der Waals surface area contributed by atoms with E-state index in [1.807, 2.05) is 53.2 Å². The van der Waals surface area contributed by atoms with Gasteiger partial charge >= 0.3 is 0 Å². The van der Waals surface area contributed by atoms with E-state index in [-0.39, 0.29) is 5.91 Å². The number of fused-ring (bicyclic) bond motifs is 2. The first-order valence-electron chi connectivity index (χ1n) is 12.3. The molecule has 1 unspecified atom stereocenters. The smallest absolute Gasteiger partial charge is 0.261 e. The van der Waals surface area contributed by atoms with Crippen LogP contribution in [-0.2, 0) is 17.8 Å². The number of para-hydroxylation sites is 1. The number of nitrogens with one attached hydrogen (secondary N) is 1. The van der Waals surface area contributed by atoms with E-state index in [9.17, 15) is 4.79 Å². The largest absolute Gasteiger partial charge is 0.480 e. The number of ether oxygens (including phenoxy) is 1. The Morgan fingerprint density at radius 3 is 2.69 bits per heavy atom. The summed E-state index contributed by atoms with van der Waals surface area (Å²) in [5.74, 6) is 1.16. The molecule has 8 heteroatoms. The average molecular weight is 469 g/mol. The molecule has 0 saturated heterocycles. The molecule has 0 radical (unpaired) electrons. The van der Waals surface area contributed by atoms with Gasteiger partial charge in [-0.25, -0.2) is 14.6 Å². The normalized spacial score (nSPS) is 17.8. The Kier molecular flexibility index (Phi) is 5.56. The van der Waals surface area contributed by atoms with Crippen molar-refractivity contribution in [3.63, 3.8) is 0 Å². The topological polar surface area (TPSA) is 108 Å². The molecule has 2 aliphatic rings. The minimum absolute atomic E-state index is 0.0881. The molecule has 1 amide bonds. The van der Waals surface area contributed by atoms with Crippen molar-refractivity contribution < 1.29 is 9.53 Å². The van der Waals surface area contributed by atoms with Crippen LogP contribution in [0.2, 0.25) is 0 Å². The first kappa shape index (κ1) is 21.6. The minimum Gasteiger partial charge on any atom is -0.480 e. The van der Waals surface area contributed by atoms with Gasteiger partial charge in [0.05, 0.1) is 11.4 Å². The Morgan fingerprint density at radius 1 is 1.06 bits per heavy atom. The Balaban J connectivity index is 1.18. The summed E-state index contributed by atoms with van der Waals surface area (Å²) in [7, 11) is 0. The predicted molar refractivity (Wildman–Crippen MR) is 134 cm³/mol. The van der Waals surface area contributed by atoms with E-state index in [4.69, 9.17) is 15.6 Å². The molecule has 1 fully saturated rings. The second-order valence-corrected chi connectivity index (χ2v) is 9.36. The maximum atomic E-state index is 12.7. The number of anilines is 1. The van der Waals surface area contributed by atoms with Gasteiger partial charge in [-0.2, -0.15) is 5.10 Å². The van der Waals surface area contributed by atoms with E-state index < -0.39 is 6.10 Å². The van der Waals surface area contributed by atoms with Crippen LogP contribution in [-0.4, -0.2) is 31.8 Å². The second-order valence-electron chi connectivity index (χ2n) is 9.36. The van der Waals surface area contributed by atoms with Gasteiger partial charge < -0.3 is 15.8 Å². The number of nitrogens with zero attached hydrogens (tertiary/aromatic N) is 4. The van der Waals surface area contributed by atoms with Gasteiger partial charge in [-0.1, -0.05) is 55.3 Å². The molecular formula is C27H28N6O2. The van der Waals surface area contributed by atoms with Crippen LogP contribution in [0.5, 0.6) is 5.75 Å². The van der Waals surface area contributed by atoms with E-state index in [0.29, 0.717) is 24.8 Å². The molecule has 0 bridgehead atoms. The highest BCUT2D eigenvalue weighted by Gasteiger charge is 2.26. The van der Waals surface area contributed by atoms with Crippen LogP contribution >= 0.6 is 0 Å². The highest BCUT2D eigenvalue weighted by Crippen LogP contribution is 2.36. The first-order chi connectivity index (χ1) is 17.2. The van der Waals surface area contributed by atoms with Crippen molar-refractivity contribution in [3.8, 4) is 17.0 Å². The number of aromatic nitrogens is 4. The van der Waals surface area contributed by atoms with Crippen molar-refractivity contribution in [1.29, 1.82) is 0 Å². The zero-order chi connectivity index (χ0) is 23.8. The molecule has 1 saturated carbocycles. The number of carbonyl (C=O) groups is 1. The van der Waals surface area contributed by atoms with E-state index in [0.717, 1.165) is 58.4 Å². The lowest BCUT2D eigenvalue weighted by molar-refractivity contribution is -0.128. The summed E-state index contributed by atoms with van der Waals surface area (Å²) in [4.78, 5) is 21.4. The van der Waals surface area contributed by atoms with Crippen molar-refractivity contribution >= 4 is 22.8 Å². The van der Waals surface area contributed by atoms with Crippen molar-refractivity contribution in [2.24, 2.45) is 0 Å². The molecule has 2 aromatic heterocycles. The standard InChI is InChI=1S/C27H28N6O2/c28-25-23-24(32-33(20-6-2-3-7-20)26(23)31-16-30-25)19-11-9-17(10-12-19)15-29-27(34)22-14-13-18-5-1-4-8-21(18)35-22/h1,4-5,8-12,16,20,22H,2-3,6-7,13-15H2,(H,29,34)(H2,28,30,31). The number of amides is 1. The van der Waals surface area contributed by atoms with Gasteiger partial charge in [0.25, 0.3) is 5.91 Å². The van der Waals surface area contributed by atoms with Crippen LogP contribution in [0.1, 0.15) is 49.3 Å². The molecule has 6 rings (SSSR count). The van der Waals surface area contributed by atoms with Gasteiger partial charge in [-0.05, 0) is 42.9 Å². The number of benzene rings is 2. The van der Waals surface area contributed by atoms with Crippen molar-refractivity contribution in [3.05, 3.63) is 66.0 Å². The van der Waals surface area contributed by atoms with E-state index in [1.165, 1.54) is 19.2 Å². The SMILES string of the molecule is Nc1ncnc2c1c(-c1ccc(CNC(=O)C3CCc4ccccc4O3)cc1)nn2C1CCCC1. The number of hydrogen-bond donors (Lipinski definition) is 2. The Morgan fingerprint density at radius 2 is 1.86 bits per heavy atom. The van der Waals surface area contributed by atoms with Gasteiger partial charge in [0.1, 0.15) is 23.6 Å². The van der Waals surface area contributed by atoms with Crippen LogP contribution in [0, 0.1) is 0 Å². The third-order valence-electron chi connectivity index (χ3n) is 7.09. The van der Waals surface area contributed by atoms with Crippen LogP contribution < -0.4 is 15.8 Å². The molecule has 0 spiro atoms. The lowest BCUT2D eigenvalue weighted by Crippen LogP contribution is -2.40. The Labute approximate surface area is 203 Å². The summed E-state index contributed by atoms with van der Waals surface area (Å²) >= 11 is 0. The van der Waals surface area contributed by atoms with Gasteiger partial charge in [0, 0.05) is 12.1 Å². The van der Waals surface area contributed by atoms with E-state index >= 15 is 0 Å². The Hall–Kier alpha value is -3.94. The number of hydrogen-bond acceptors (Lipinski definition) is 6. The van der Waals surface area contributed by atoms with Crippen molar-refractivity contribution in [2.75, 3.05) is 5.73 Å². The second kappa shape index (κ2) is 9.02. The molecule has 178 valence electrons. The maximum absolute atomic E-state index is 12.7. The summed E-state index contributed by atoms with van der Waals surface area (Å²) in [6.45, 7) is 0.434. The predicted octanol–water partition coefficient (Wildman–Crippen LogP) is 4.20. The Bertz CT molecular complexity index is 1370. The van der Waals surface area contributed by atoms with Crippen LogP contribution in [0.25, 0.3) is 22.3 Å². The first-order valence-corrected chi connectivity index (χ1v) is 12.3. The lowest BCUT2D eigenvalue weighted by atomic mass is 10.0. The fourth-order valence-electron chi connectivity index (χ4n) is 5.19. The molecule has 4 aromatic rings. The van der Waals surface area contributed by atoms with Crippen molar-refractivity contribution in [1.82, 2.24) is 25.1 Å². The fraction of sp³-hybridized carbons (Fsp3) is 0.333. The minimum atomic E-state index is -0.460. The molecule has 1 aliphatic carbocycles. The summed E-state index contributed by atoms with van der Waals surface area (Å²) in [6.07, 6.45) is 7.21. The summed E-state index contributed by atoms with van der Waals surface area (Å²) in [5.41, 5.74) is 11.0. The molecule has 8 nitrogen and oxygen atoms in total. The van der Waals surface area contributed by atoms with E-state index in [1.54, 1.807) is 0 Å². The number of rotatable bonds is 5. The molecule has 35 heavy (non-hydrogen) atoms. The molecule has 1 aliphatic heterocycles. The summed E-state index contributed by atoms with van der Waals surface area (Å²) < 4.78 is 7.94. The zero-order valence-electron chi connectivity index (χ0n) is 19.5. The molecule has 1 atom stereocenters. The van der Waals surface area contributed by atoms with Gasteiger partial charge in [0.2, 0.25) is 0 Å². The number of nitrogen functional groups attached to an aromatic ring is 1. The fourth-order valence-corrected chi connectivity index (χ4v) is 5.19. The molecular weight excluding hydrogens is 440 g/mol. The van der Waals surface area contributed by atoms with Gasteiger partial charge in [-0.15, -0.1) is 0 Å². The molecule has 3 heterocycles. The third kappa shape index (κ3) is 4.09. The van der Waals surface area contributed by atoms with Crippen LogP contribution in [0.15, 0.2) is 54.9 Å². The molecule has 3 N–H and O–H groups in total. The zero-order valence-corrected chi connectivity index (χ0v) is 19.5. The monoisotopic (exact) mass is 468 g/mol. The number of carbonyl (C=O) groups excluding carboxylic acids is 1. The average Bonchev–Trinajstić information content (AvgIpc) is 3.56. The van der Waals surface area contributed by atoms with Gasteiger partial charge in [0.15, 0.2) is 11.8 Å². The van der Waals surface area contributed by atoms with E-state index in [2.05, 4.69) is 15.3 Å².